The Morgan fingerprint density at radius 2 is 2.18 bits per heavy atom. The SMILES string of the molecule is CCCCNC(=NC)NCC1CCCN1CC. The van der Waals surface area contributed by atoms with Gasteiger partial charge in [0.2, 0.25) is 0 Å². The monoisotopic (exact) mass is 240 g/mol. The number of likely N-dealkylation sites (tertiary alicyclic amines) is 1. The van der Waals surface area contributed by atoms with Gasteiger partial charge in [-0.05, 0) is 32.4 Å². The molecule has 0 spiro atoms. The molecule has 1 heterocycles. The molecule has 0 aromatic heterocycles. The molecule has 0 bridgehead atoms. The third-order valence-corrected chi connectivity index (χ3v) is 3.46. The Balaban J connectivity index is 2.23. The van der Waals surface area contributed by atoms with Gasteiger partial charge in [0.1, 0.15) is 0 Å². The van der Waals surface area contributed by atoms with Crippen LogP contribution in [0.2, 0.25) is 0 Å². The summed E-state index contributed by atoms with van der Waals surface area (Å²) in [5, 5.41) is 6.78. The first kappa shape index (κ1) is 14.3. The molecule has 100 valence electrons. The van der Waals surface area contributed by atoms with Crippen LogP contribution in [0.1, 0.15) is 39.5 Å². The molecule has 2 N–H and O–H groups in total. The molecule has 1 fully saturated rings. The Hall–Kier alpha value is -0.770. The molecule has 0 aromatic carbocycles. The lowest BCUT2D eigenvalue weighted by Gasteiger charge is -2.23. The normalized spacial score (nSPS) is 21.8. The van der Waals surface area contributed by atoms with E-state index in [1.54, 1.807) is 0 Å². The van der Waals surface area contributed by atoms with Crippen LogP contribution in [0.25, 0.3) is 0 Å². The van der Waals surface area contributed by atoms with E-state index in [1.165, 1.54) is 32.2 Å². The molecule has 0 aromatic rings. The summed E-state index contributed by atoms with van der Waals surface area (Å²) in [5.74, 6) is 0.946. The fraction of sp³-hybridized carbons (Fsp3) is 0.923. The van der Waals surface area contributed by atoms with Gasteiger partial charge in [-0.3, -0.25) is 9.89 Å². The maximum Gasteiger partial charge on any atom is 0.191 e. The van der Waals surface area contributed by atoms with E-state index in [9.17, 15) is 0 Å². The fourth-order valence-corrected chi connectivity index (χ4v) is 2.36. The highest BCUT2D eigenvalue weighted by Gasteiger charge is 2.22. The van der Waals surface area contributed by atoms with Crippen molar-refractivity contribution >= 4 is 5.96 Å². The van der Waals surface area contributed by atoms with Crippen LogP contribution in [0.15, 0.2) is 4.99 Å². The maximum absolute atomic E-state index is 4.25. The Kier molecular flexibility index (Phi) is 7.01. The smallest absolute Gasteiger partial charge is 0.191 e. The molecule has 0 saturated carbocycles. The Labute approximate surface area is 106 Å². The number of nitrogens with one attached hydrogen (secondary N) is 2. The van der Waals surface area contributed by atoms with Crippen molar-refractivity contribution in [2.75, 3.05) is 33.2 Å². The van der Waals surface area contributed by atoms with E-state index in [-0.39, 0.29) is 0 Å². The van der Waals surface area contributed by atoms with Crippen molar-refractivity contribution < 1.29 is 0 Å². The quantitative estimate of drug-likeness (QED) is 0.419. The molecule has 1 aliphatic rings. The van der Waals surface area contributed by atoms with Gasteiger partial charge >= 0.3 is 0 Å². The summed E-state index contributed by atoms with van der Waals surface area (Å²) in [6.45, 7) is 8.89. The van der Waals surface area contributed by atoms with Crippen LogP contribution in [0.3, 0.4) is 0 Å². The molecule has 1 rings (SSSR count). The zero-order valence-electron chi connectivity index (χ0n) is 11.6. The minimum Gasteiger partial charge on any atom is -0.356 e. The van der Waals surface area contributed by atoms with E-state index in [0.29, 0.717) is 6.04 Å². The highest BCUT2D eigenvalue weighted by atomic mass is 15.2. The summed E-state index contributed by atoms with van der Waals surface area (Å²) in [5.41, 5.74) is 0. The van der Waals surface area contributed by atoms with E-state index < -0.39 is 0 Å². The van der Waals surface area contributed by atoms with Crippen molar-refractivity contribution in [2.45, 2.75) is 45.6 Å². The molecule has 1 unspecified atom stereocenters. The zero-order chi connectivity index (χ0) is 12.5. The number of aliphatic imine (C=N–C) groups is 1. The van der Waals surface area contributed by atoms with Crippen molar-refractivity contribution in [1.29, 1.82) is 0 Å². The number of guanidine groups is 1. The number of rotatable bonds is 6. The molecular weight excluding hydrogens is 212 g/mol. The number of nitrogens with zero attached hydrogens (tertiary/aromatic N) is 2. The number of hydrogen-bond acceptors (Lipinski definition) is 2. The molecule has 17 heavy (non-hydrogen) atoms. The van der Waals surface area contributed by atoms with E-state index in [1.807, 2.05) is 7.05 Å². The highest BCUT2D eigenvalue weighted by molar-refractivity contribution is 5.79. The molecule has 4 nitrogen and oxygen atoms in total. The van der Waals surface area contributed by atoms with Crippen LogP contribution in [0, 0.1) is 0 Å². The highest BCUT2D eigenvalue weighted by Crippen LogP contribution is 2.15. The Morgan fingerprint density at radius 3 is 2.82 bits per heavy atom. The molecular formula is C13H28N4. The summed E-state index contributed by atoms with van der Waals surface area (Å²) in [4.78, 5) is 6.80. The van der Waals surface area contributed by atoms with E-state index in [2.05, 4.69) is 34.4 Å². The molecule has 0 amide bonds. The number of unbranched alkanes of at least 4 members (excludes halogenated alkanes) is 1. The van der Waals surface area contributed by atoms with Gasteiger partial charge in [0, 0.05) is 26.2 Å². The first-order chi connectivity index (χ1) is 8.31. The van der Waals surface area contributed by atoms with E-state index in [0.717, 1.165) is 25.6 Å². The number of likely N-dealkylation sites (N-methyl/N-ethyl adjacent to an activating group) is 1. The Morgan fingerprint density at radius 1 is 1.35 bits per heavy atom. The lowest BCUT2D eigenvalue weighted by Crippen LogP contribution is -2.45. The summed E-state index contributed by atoms with van der Waals surface area (Å²) in [6, 6.07) is 0.685. The van der Waals surface area contributed by atoms with Gasteiger partial charge in [-0.15, -0.1) is 0 Å². The molecule has 0 aliphatic carbocycles. The van der Waals surface area contributed by atoms with Crippen LogP contribution in [0.4, 0.5) is 0 Å². The van der Waals surface area contributed by atoms with Gasteiger partial charge in [0.15, 0.2) is 5.96 Å². The van der Waals surface area contributed by atoms with Gasteiger partial charge < -0.3 is 10.6 Å². The van der Waals surface area contributed by atoms with Crippen LogP contribution in [-0.2, 0) is 0 Å². The predicted molar refractivity (Wildman–Crippen MR) is 74.5 cm³/mol. The third-order valence-electron chi connectivity index (χ3n) is 3.46. The fourth-order valence-electron chi connectivity index (χ4n) is 2.36. The van der Waals surface area contributed by atoms with Gasteiger partial charge in [-0.1, -0.05) is 20.3 Å². The average molecular weight is 240 g/mol. The summed E-state index contributed by atoms with van der Waals surface area (Å²) < 4.78 is 0. The van der Waals surface area contributed by atoms with Crippen molar-refractivity contribution in [1.82, 2.24) is 15.5 Å². The minimum absolute atomic E-state index is 0.685. The third kappa shape index (κ3) is 4.94. The zero-order valence-corrected chi connectivity index (χ0v) is 11.6. The molecule has 1 atom stereocenters. The molecule has 1 aliphatic heterocycles. The van der Waals surface area contributed by atoms with Crippen LogP contribution >= 0.6 is 0 Å². The van der Waals surface area contributed by atoms with Crippen LogP contribution < -0.4 is 10.6 Å². The Bertz CT molecular complexity index is 227. The van der Waals surface area contributed by atoms with Crippen molar-refractivity contribution in [2.24, 2.45) is 4.99 Å². The first-order valence-corrected chi connectivity index (χ1v) is 7.00. The van der Waals surface area contributed by atoms with Crippen molar-refractivity contribution in [3.8, 4) is 0 Å². The van der Waals surface area contributed by atoms with Crippen molar-refractivity contribution in [3.63, 3.8) is 0 Å². The van der Waals surface area contributed by atoms with E-state index >= 15 is 0 Å². The van der Waals surface area contributed by atoms with Gasteiger partial charge in [-0.2, -0.15) is 0 Å². The summed E-state index contributed by atoms with van der Waals surface area (Å²) >= 11 is 0. The lowest BCUT2D eigenvalue weighted by molar-refractivity contribution is 0.267. The topological polar surface area (TPSA) is 39.7 Å². The summed E-state index contributed by atoms with van der Waals surface area (Å²) in [7, 11) is 1.84. The van der Waals surface area contributed by atoms with E-state index in [4.69, 9.17) is 0 Å². The second-order valence-corrected chi connectivity index (χ2v) is 4.66. The van der Waals surface area contributed by atoms with Gasteiger partial charge in [-0.25, -0.2) is 0 Å². The van der Waals surface area contributed by atoms with Crippen LogP contribution in [0.5, 0.6) is 0 Å². The summed E-state index contributed by atoms with van der Waals surface area (Å²) in [6.07, 6.45) is 5.07. The average Bonchev–Trinajstić information content (AvgIpc) is 2.81. The molecule has 1 saturated heterocycles. The minimum atomic E-state index is 0.685. The predicted octanol–water partition coefficient (Wildman–Crippen LogP) is 1.44. The number of hydrogen-bond donors (Lipinski definition) is 2. The molecule has 4 heteroatoms. The lowest BCUT2D eigenvalue weighted by atomic mass is 10.2. The van der Waals surface area contributed by atoms with Gasteiger partial charge in [0.05, 0.1) is 0 Å². The standard InChI is InChI=1S/C13H28N4/c1-4-6-9-15-13(14-3)16-11-12-8-7-10-17(12)5-2/h12H,4-11H2,1-3H3,(H2,14,15,16). The second kappa shape index (κ2) is 8.34. The largest absolute Gasteiger partial charge is 0.356 e. The maximum atomic E-state index is 4.25. The molecule has 0 radical (unpaired) electrons. The van der Waals surface area contributed by atoms with Crippen molar-refractivity contribution in [3.05, 3.63) is 0 Å². The first-order valence-electron chi connectivity index (χ1n) is 7.00. The second-order valence-electron chi connectivity index (χ2n) is 4.66. The van der Waals surface area contributed by atoms with Crippen LogP contribution in [-0.4, -0.2) is 50.1 Å². The van der Waals surface area contributed by atoms with Gasteiger partial charge in [0.25, 0.3) is 0 Å².